The lowest BCUT2D eigenvalue weighted by Gasteiger charge is -2.14. The molecular weight excluding hydrogens is 477 g/mol. The summed E-state index contributed by atoms with van der Waals surface area (Å²) in [4.78, 5) is 0. The Morgan fingerprint density at radius 1 is 1.44 bits per heavy atom. The number of hydrogen-bond donors (Lipinski definition) is 0. The van der Waals surface area contributed by atoms with Crippen LogP contribution >= 0.6 is 34.2 Å². The maximum absolute atomic E-state index is 14.6. The molecule has 134 valence electrons. The fraction of sp³-hybridized carbons (Fsp3) is 0.333. The van der Waals surface area contributed by atoms with Crippen LogP contribution in [0.15, 0.2) is 12.3 Å². The smallest absolute Gasteiger partial charge is 0.389 e. The van der Waals surface area contributed by atoms with Gasteiger partial charge in [0, 0.05) is 19.5 Å². The van der Waals surface area contributed by atoms with Crippen LogP contribution in [0.2, 0.25) is 5.02 Å². The molecule has 0 aliphatic carbocycles. The maximum Gasteiger partial charge on any atom is 0.389 e. The summed E-state index contributed by atoms with van der Waals surface area (Å²) in [6.45, 7) is -0.280. The molecule has 0 saturated heterocycles. The number of aryl methyl sites for hydroxylation is 1. The van der Waals surface area contributed by atoms with Crippen LogP contribution in [0, 0.1) is 20.7 Å². The Hall–Kier alpha value is -1.54. The Balaban J connectivity index is 2.42. The molecule has 0 aliphatic rings. The van der Waals surface area contributed by atoms with Gasteiger partial charge in [0.2, 0.25) is 0 Å². The molecule has 1 aromatic heterocycles. The molecule has 0 N–H and O–H groups in total. The van der Waals surface area contributed by atoms with Crippen molar-refractivity contribution < 1.29 is 22.3 Å². The highest BCUT2D eigenvalue weighted by Crippen LogP contribution is 2.38. The van der Waals surface area contributed by atoms with E-state index in [-0.39, 0.29) is 34.9 Å². The van der Waals surface area contributed by atoms with Gasteiger partial charge in [-0.3, -0.25) is 4.68 Å². The lowest BCUT2D eigenvalue weighted by atomic mass is 10.0. The number of aromatic nitrogens is 2. The molecule has 0 unspecified atom stereocenters. The van der Waals surface area contributed by atoms with E-state index in [1.165, 1.54) is 10.9 Å². The van der Waals surface area contributed by atoms with Gasteiger partial charge in [0.25, 0.3) is 0 Å². The van der Waals surface area contributed by atoms with Crippen molar-refractivity contribution in [2.24, 2.45) is 7.05 Å². The number of alkyl halides is 3. The van der Waals surface area contributed by atoms with E-state index < -0.39 is 18.4 Å². The molecule has 25 heavy (non-hydrogen) atoms. The molecule has 0 amide bonds. The van der Waals surface area contributed by atoms with Gasteiger partial charge in [-0.1, -0.05) is 11.6 Å². The van der Waals surface area contributed by atoms with Crippen molar-refractivity contribution in [1.82, 2.24) is 9.78 Å². The molecule has 10 heteroatoms. The van der Waals surface area contributed by atoms with Crippen LogP contribution in [0.25, 0.3) is 11.3 Å². The Bertz CT molecular complexity index is 810. The molecule has 0 saturated carbocycles. The van der Waals surface area contributed by atoms with E-state index in [1.54, 1.807) is 7.05 Å². The molecule has 0 radical (unpaired) electrons. The molecular formula is C15H11ClF4IN3O. The van der Waals surface area contributed by atoms with Crippen molar-refractivity contribution in [3.63, 3.8) is 0 Å². The number of ether oxygens (including phenoxy) is 1. The molecule has 0 spiro atoms. The second-order valence-electron chi connectivity index (χ2n) is 5.06. The van der Waals surface area contributed by atoms with Gasteiger partial charge in [-0.05, 0) is 29.0 Å². The van der Waals surface area contributed by atoms with Gasteiger partial charge in [0.15, 0.2) is 5.82 Å². The minimum atomic E-state index is -4.29. The molecule has 0 atom stereocenters. The summed E-state index contributed by atoms with van der Waals surface area (Å²) in [5, 5.41) is 13.1. The Kier molecular flexibility index (Phi) is 6.16. The molecule has 1 aromatic carbocycles. The summed E-state index contributed by atoms with van der Waals surface area (Å²) >= 11 is 7.81. The Labute approximate surface area is 159 Å². The second-order valence-corrected chi connectivity index (χ2v) is 6.63. The van der Waals surface area contributed by atoms with E-state index in [0.29, 0.717) is 9.26 Å². The van der Waals surface area contributed by atoms with Crippen LogP contribution in [0.4, 0.5) is 17.6 Å². The van der Waals surface area contributed by atoms with Crippen molar-refractivity contribution in [2.75, 3.05) is 6.61 Å². The number of halogens is 6. The lowest BCUT2D eigenvalue weighted by molar-refractivity contribution is -0.136. The Morgan fingerprint density at radius 2 is 2.12 bits per heavy atom. The maximum atomic E-state index is 14.6. The highest BCUT2D eigenvalue weighted by Gasteiger charge is 2.27. The van der Waals surface area contributed by atoms with Gasteiger partial charge < -0.3 is 4.74 Å². The SMILES string of the molecule is Cn1ncc(I)c1-c1c(F)c(Cl)cc(OCCCC(F)(F)F)c1C#N. The first-order valence-corrected chi connectivity index (χ1v) is 8.41. The fourth-order valence-electron chi connectivity index (χ4n) is 2.20. The zero-order chi connectivity index (χ0) is 18.8. The first-order chi connectivity index (χ1) is 11.7. The number of hydrogen-bond acceptors (Lipinski definition) is 3. The third-order valence-electron chi connectivity index (χ3n) is 3.29. The minimum absolute atomic E-state index is 0.0666. The van der Waals surface area contributed by atoms with Gasteiger partial charge >= 0.3 is 6.18 Å². The zero-order valence-corrected chi connectivity index (χ0v) is 15.7. The van der Waals surface area contributed by atoms with E-state index in [9.17, 15) is 22.8 Å². The van der Waals surface area contributed by atoms with Crippen molar-refractivity contribution in [1.29, 1.82) is 5.26 Å². The summed E-state index contributed by atoms with van der Waals surface area (Å²) in [7, 11) is 1.57. The molecule has 0 fully saturated rings. The van der Waals surface area contributed by atoms with Crippen LogP contribution in [-0.2, 0) is 7.05 Å². The minimum Gasteiger partial charge on any atom is -0.492 e. The predicted molar refractivity (Wildman–Crippen MR) is 91.8 cm³/mol. The molecule has 2 aromatic rings. The monoisotopic (exact) mass is 487 g/mol. The number of nitriles is 1. The highest BCUT2D eigenvalue weighted by molar-refractivity contribution is 14.1. The van der Waals surface area contributed by atoms with E-state index in [2.05, 4.69) is 5.10 Å². The van der Waals surface area contributed by atoms with Gasteiger partial charge in [0.1, 0.15) is 17.4 Å². The first kappa shape index (κ1) is 19.8. The van der Waals surface area contributed by atoms with E-state index >= 15 is 0 Å². The largest absolute Gasteiger partial charge is 0.492 e. The predicted octanol–water partition coefficient (Wildman–Crippen LogP) is 5.08. The number of rotatable bonds is 5. The highest BCUT2D eigenvalue weighted by atomic mass is 127. The van der Waals surface area contributed by atoms with Gasteiger partial charge in [-0.15, -0.1) is 0 Å². The van der Waals surface area contributed by atoms with Crippen molar-refractivity contribution in [3.8, 4) is 23.1 Å². The zero-order valence-electron chi connectivity index (χ0n) is 12.8. The third-order valence-corrected chi connectivity index (χ3v) is 4.35. The van der Waals surface area contributed by atoms with Crippen LogP contribution < -0.4 is 4.74 Å². The van der Waals surface area contributed by atoms with Gasteiger partial charge in [-0.25, -0.2) is 4.39 Å². The first-order valence-electron chi connectivity index (χ1n) is 6.95. The van der Waals surface area contributed by atoms with Crippen LogP contribution in [0.1, 0.15) is 18.4 Å². The van der Waals surface area contributed by atoms with Crippen LogP contribution in [0.5, 0.6) is 5.75 Å². The van der Waals surface area contributed by atoms with Crippen LogP contribution in [-0.4, -0.2) is 22.6 Å². The average Bonchev–Trinajstić information content (AvgIpc) is 2.85. The molecule has 2 rings (SSSR count). The van der Waals surface area contributed by atoms with Crippen molar-refractivity contribution in [3.05, 3.63) is 32.2 Å². The number of nitrogens with zero attached hydrogens (tertiary/aromatic N) is 3. The summed E-state index contributed by atoms with van der Waals surface area (Å²) in [6, 6.07) is 2.93. The van der Waals surface area contributed by atoms with Crippen molar-refractivity contribution in [2.45, 2.75) is 19.0 Å². The van der Waals surface area contributed by atoms with E-state index in [1.807, 2.05) is 28.7 Å². The summed E-state index contributed by atoms with van der Waals surface area (Å²) < 4.78 is 58.4. The summed E-state index contributed by atoms with van der Waals surface area (Å²) in [5.74, 6) is -0.884. The third kappa shape index (κ3) is 4.55. The van der Waals surface area contributed by atoms with Crippen molar-refractivity contribution >= 4 is 34.2 Å². The normalized spacial score (nSPS) is 11.4. The van der Waals surface area contributed by atoms with Gasteiger partial charge in [0.05, 0.1) is 32.7 Å². The summed E-state index contributed by atoms with van der Waals surface area (Å²) in [6.07, 6.45) is -4.11. The quantitative estimate of drug-likeness (QED) is 0.336. The molecule has 4 nitrogen and oxygen atoms in total. The van der Waals surface area contributed by atoms with E-state index in [0.717, 1.165) is 6.07 Å². The number of benzene rings is 1. The Morgan fingerprint density at radius 3 is 2.64 bits per heavy atom. The van der Waals surface area contributed by atoms with Crippen LogP contribution in [0.3, 0.4) is 0 Å². The van der Waals surface area contributed by atoms with E-state index in [4.69, 9.17) is 16.3 Å². The summed E-state index contributed by atoms with van der Waals surface area (Å²) in [5.41, 5.74) is 0.0953. The fourth-order valence-corrected chi connectivity index (χ4v) is 3.13. The lowest BCUT2D eigenvalue weighted by Crippen LogP contribution is -2.10. The standard InChI is InChI=1S/C15H11ClF4IN3O/c1-24-14(10(21)7-23-24)12-8(6-22)11(5-9(16)13(12)17)25-4-2-3-15(18,19)20/h5,7H,2-4H2,1H3. The van der Waals surface area contributed by atoms with Gasteiger partial charge in [-0.2, -0.15) is 23.5 Å². The molecule has 0 bridgehead atoms. The second kappa shape index (κ2) is 7.78. The average molecular weight is 488 g/mol. The molecule has 1 heterocycles. The molecule has 0 aliphatic heterocycles. The topological polar surface area (TPSA) is 50.8 Å².